The number of hydrogen-bond acceptors (Lipinski definition) is 3. The molecule has 0 bridgehead atoms. The SMILES string of the molecule is Cc1ccc(-c2cc(F)c3nc(C(=O)CCCCCc4ccccc4)oc3c2)cc1. The molecule has 0 saturated carbocycles. The van der Waals surface area contributed by atoms with Crippen LogP contribution in [0.3, 0.4) is 0 Å². The van der Waals surface area contributed by atoms with Crippen LogP contribution in [0.15, 0.2) is 71.1 Å². The number of aryl methyl sites for hydroxylation is 2. The lowest BCUT2D eigenvalue weighted by atomic mass is 10.0. The van der Waals surface area contributed by atoms with Gasteiger partial charge in [0.2, 0.25) is 5.78 Å². The molecule has 0 aliphatic heterocycles. The fourth-order valence-corrected chi connectivity index (χ4v) is 3.56. The molecule has 30 heavy (non-hydrogen) atoms. The summed E-state index contributed by atoms with van der Waals surface area (Å²) in [5.74, 6) is -0.663. The van der Waals surface area contributed by atoms with E-state index in [1.54, 1.807) is 6.07 Å². The topological polar surface area (TPSA) is 43.1 Å². The van der Waals surface area contributed by atoms with Gasteiger partial charge in [0.15, 0.2) is 11.4 Å². The van der Waals surface area contributed by atoms with Crippen LogP contribution in [0, 0.1) is 12.7 Å². The van der Waals surface area contributed by atoms with Crippen LogP contribution in [0.25, 0.3) is 22.2 Å². The Hall–Kier alpha value is -3.27. The quantitative estimate of drug-likeness (QED) is 0.237. The van der Waals surface area contributed by atoms with Crippen molar-refractivity contribution < 1.29 is 13.6 Å². The van der Waals surface area contributed by atoms with Gasteiger partial charge in [0.25, 0.3) is 5.89 Å². The van der Waals surface area contributed by atoms with Crippen LogP contribution in [0.2, 0.25) is 0 Å². The first-order chi connectivity index (χ1) is 14.6. The van der Waals surface area contributed by atoms with E-state index in [0.29, 0.717) is 17.6 Å². The number of oxazole rings is 1. The summed E-state index contributed by atoms with van der Waals surface area (Å²) in [5.41, 5.74) is 4.45. The molecule has 0 aliphatic carbocycles. The normalized spacial score (nSPS) is 11.1. The summed E-state index contributed by atoms with van der Waals surface area (Å²) in [6.45, 7) is 2.00. The number of halogens is 1. The lowest BCUT2D eigenvalue weighted by Gasteiger charge is -2.02. The first-order valence-electron chi connectivity index (χ1n) is 10.3. The number of unbranched alkanes of at least 4 members (excludes halogenated alkanes) is 2. The minimum Gasteiger partial charge on any atom is -0.434 e. The third-order valence-electron chi connectivity index (χ3n) is 5.28. The Kier molecular flexibility index (Phi) is 6.03. The summed E-state index contributed by atoms with van der Waals surface area (Å²) in [5, 5.41) is 0. The van der Waals surface area contributed by atoms with Crippen LogP contribution < -0.4 is 0 Å². The average Bonchev–Trinajstić information content (AvgIpc) is 3.20. The third-order valence-corrected chi connectivity index (χ3v) is 5.28. The van der Waals surface area contributed by atoms with Gasteiger partial charge in [-0.25, -0.2) is 9.37 Å². The van der Waals surface area contributed by atoms with E-state index in [9.17, 15) is 9.18 Å². The van der Waals surface area contributed by atoms with Gasteiger partial charge in [0, 0.05) is 6.42 Å². The van der Waals surface area contributed by atoms with E-state index >= 15 is 0 Å². The van der Waals surface area contributed by atoms with Crippen molar-refractivity contribution in [2.24, 2.45) is 0 Å². The van der Waals surface area contributed by atoms with Crippen LogP contribution in [0.5, 0.6) is 0 Å². The predicted octanol–water partition coefficient (Wildman–Crippen LogP) is 6.93. The van der Waals surface area contributed by atoms with Crippen LogP contribution in [0.4, 0.5) is 4.39 Å². The molecular weight excluding hydrogens is 377 g/mol. The molecule has 0 saturated heterocycles. The maximum Gasteiger partial charge on any atom is 0.264 e. The highest BCUT2D eigenvalue weighted by molar-refractivity contribution is 5.94. The fraction of sp³-hybridized carbons (Fsp3) is 0.231. The molecule has 0 spiro atoms. The number of nitrogens with zero attached hydrogens (tertiary/aromatic N) is 1. The highest BCUT2D eigenvalue weighted by atomic mass is 19.1. The summed E-state index contributed by atoms with van der Waals surface area (Å²) < 4.78 is 20.2. The van der Waals surface area contributed by atoms with E-state index in [4.69, 9.17) is 4.42 Å². The molecule has 0 aliphatic rings. The summed E-state index contributed by atoms with van der Waals surface area (Å²) in [4.78, 5) is 16.6. The molecule has 4 heteroatoms. The van der Waals surface area contributed by atoms with E-state index in [0.717, 1.165) is 36.8 Å². The predicted molar refractivity (Wildman–Crippen MR) is 117 cm³/mol. The Morgan fingerprint density at radius 2 is 1.70 bits per heavy atom. The van der Waals surface area contributed by atoms with Crippen LogP contribution in [-0.2, 0) is 6.42 Å². The lowest BCUT2D eigenvalue weighted by Crippen LogP contribution is -1.99. The Morgan fingerprint density at radius 1 is 0.933 bits per heavy atom. The molecule has 0 N–H and O–H groups in total. The van der Waals surface area contributed by atoms with Crippen molar-refractivity contribution >= 4 is 16.9 Å². The van der Waals surface area contributed by atoms with Gasteiger partial charge in [-0.15, -0.1) is 0 Å². The van der Waals surface area contributed by atoms with Crippen molar-refractivity contribution in [2.75, 3.05) is 0 Å². The highest BCUT2D eigenvalue weighted by Crippen LogP contribution is 2.28. The number of aromatic nitrogens is 1. The van der Waals surface area contributed by atoms with Gasteiger partial charge in [-0.2, -0.15) is 0 Å². The van der Waals surface area contributed by atoms with Crippen LogP contribution in [-0.4, -0.2) is 10.8 Å². The zero-order valence-electron chi connectivity index (χ0n) is 17.0. The maximum absolute atomic E-state index is 14.6. The van der Waals surface area contributed by atoms with Gasteiger partial charge in [0.05, 0.1) is 0 Å². The molecule has 0 fully saturated rings. The highest BCUT2D eigenvalue weighted by Gasteiger charge is 2.17. The van der Waals surface area contributed by atoms with Crippen molar-refractivity contribution in [1.29, 1.82) is 0 Å². The molecule has 3 aromatic carbocycles. The number of Topliss-reactive ketones (excluding diaryl/α,β-unsaturated/α-hetero) is 1. The molecular formula is C26H24FNO2. The van der Waals surface area contributed by atoms with Crippen LogP contribution >= 0.6 is 0 Å². The maximum atomic E-state index is 14.6. The first kappa shape index (κ1) is 20.0. The third kappa shape index (κ3) is 4.65. The van der Waals surface area contributed by atoms with E-state index < -0.39 is 5.82 Å². The summed E-state index contributed by atoms with van der Waals surface area (Å²) >= 11 is 0. The summed E-state index contributed by atoms with van der Waals surface area (Å²) in [6.07, 6.45) is 4.10. The standard InChI is InChI=1S/C26H24FNO2/c1-18-12-14-20(15-13-18)21-16-22(27)25-24(17-21)30-26(28-25)23(29)11-7-3-6-10-19-8-4-2-5-9-19/h2,4-5,8-9,12-17H,3,6-7,10-11H2,1H3. The second-order valence-electron chi connectivity index (χ2n) is 7.66. The molecule has 4 rings (SSSR count). The zero-order valence-corrected chi connectivity index (χ0v) is 17.0. The molecule has 0 atom stereocenters. The fourth-order valence-electron chi connectivity index (χ4n) is 3.56. The largest absolute Gasteiger partial charge is 0.434 e. The molecule has 1 heterocycles. The molecule has 4 aromatic rings. The van der Waals surface area contributed by atoms with Crippen LogP contribution in [0.1, 0.15) is 47.5 Å². The summed E-state index contributed by atoms with van der Waals surface area (Å²) in [6, 6.07) is 21.3. The van der Waals surface area contributed by atoms with Crippen molar-refractivity contribution in [3.63, 3.8) is 0 Å². The Balaban J connectivity index is 1.39. The zero-order chi connectivity index (χ0) is 20.9. The Bertz CT molecular complexity index is 1150. The molecule has 0 amide bonds. The Labute approximate surface area is 175 Å². The first-order valence-corrected chi connectivity index (χ1v) is 10.3. The Morgan fingerprint density at radius 3 is 2.47 bits per heavy atom. The summed E-state index contributed by atoms with van der Waals surface area (Å²) in [7, 11) is 0. The molecule has 0 radical (unpaired) electrons. The van der Waals surface area contributed by atoms with Crippen molar-refractivity contribution in [1.82, 2.24) is 4.98 Å². The molecule has 3 nitrogen and oxygen atoms in total. The minimum atomic E-state index is -0.478. The number of fused-ring (bicyclic) bond motifs is 1. The number of ketones is 1. The number of benzene rings is 3. The molecule has 0 unspecified atom stereocenters. The number of carbonyl (C=O) groups is 1. The average molecular weight is 401 g/mol. The van der Waals surface area contributed by atoms with E-state index in [1.807, 2.05) is 49.4 Å². The van der Waals surface area contributed by atoms with Gasteiger partial charge < -0.3 is 4.42 Å². The number of rotatable bonds is 8. The van der Waals surface area contributed by atoms with Gasteiger partial charge in [-0.05, 0) is 55.0 Å². The van der Waals surface area contributed by atoms with Crippen molar-refractivity contribution in [3.8, 4) is 11.1 Å². The number of hydrogen-bond donors (Lipinski definition) is 0. The minimum absolute atomic E-state index is 0.00647. The van der Waals surface area contributed by atoms with E-state index in [1.165, 1.54) is 11.6 Å². The monoisotopic (exact) mass is 401 g/mol. The smallest absolute Gasteiger partial charge is 0.264 e. The van der Waals surface area contributed by atoms with Crippen molar-refractivity contribution in [2.45, 2.75) is 39.0 Å². The van der Waals surface area contributed by atoms with Gasteiger partial charge in [0.1, 0.15) is 5.52 Å². The molecule has 1 aromatic heterocycles. The van der Waals surface area contributed by atoms with Crippen molar-refractivity contribution in [3.05, 3.63) is 89.6 Å². The van der Waals surface area contributed by atoms with Gasteiger partial charge >= 0.3 is 0 Å². The van der Waals surface area contributed by atoms with Gasteiger partial charge in [-0.1, -0.05) is 66.6 Å². The van der Waals surface area contributed by atoms with Gasteiger partial charge in [-0.3, -0.25) is 4.79 Å². The lowest BCUT2D eigenvalue weighted by molar-refractivity contribution is 0.0947. The van der Waals surface area contributed by atoms with E-state index in [2.05, 4.69) is 17.1 Å². The second kappa shape index (κ2) is 9.04. The van der Waals surface area contributed by atoms with E-state index in [-0.39, 0.29) is 17.2 Å². The molecule has 152 valence electrons. The second-order valence-corrected chi connectivity index (χ2v) is 7.66. The number of carbonyl (C=O) groups excluding carboxylic acids is 1.